The Morgan fingerprint density at radius 2 is 1.85 bits per heavy atom. The quantitative estimate of drug-likeness (QED) is 0.364. The van der Waals surface area contributed by atoms with Gasteiger partial charge < -0.3 is 28.3 Å². The van der Waals surface area contributed by atoms with Crippen molar-refractivity contribution in [1.29, 1.82) is 0 Å². The highest BCUT2D eigenvalue weighted by Crippen LogP contribution is 2.24. The van der Waals surface area contributed by atoms with Crippen molar-refractivity contribution in [2.45, 2.75) is 57.5 Å². The van der Waals surface area contributed by atoms with Gasteiger partial charge in [0.15, 0.2) is 0 Å². The normalized spacial score (nSPS) is 20.0. The predicted octanol–water partition coefficient (Wildman–Crippen LogP) is 1.62. The second-order valence-electron chi connectivity index (χ2n) is 7.11. The van der Waals surface area contributed by atoms with Crippen LogP contribution in [-0.4, -0.2) is 64.2 Å². The van der Waals surface area contributed by atoms with Crippen LogP contribution in [0.5, 0.6) is 0 Å². The molecule has 0 radical (unpaired) electrons. The molecule has 0 aromatic heterocycles. The largest absolute Gasteiger partial charge is 0.411 e. The van der Waals surface area contributed by atoms with Gasteiger partial charge in [-0.3, -0.25) is 0 Å². The Labute approximate surface area is 159 Å². The Balaban J connectivity index is 2.61. The average molecular weight is 403 g/mol. The monoisotopic (exact) mass is 402 g/mol. The fourth-order valence-electron chi connectivity index (χ4n) is 2.60. The lowest BCUT2D eigenvalue weighted by Gasteiger charge is -2.35. The summed E-state index contributed by atoms with van der Waals surface area (Å²) in [7, 11) is -3.96. The fourth-order valence-corrected chi connectivity index (χ4v) is 9.63. The molecule has 0 bridgehead atoms. The molecule has 8 heteroatoms. The van der Waals surface area contributed by atoms with Gasteiger partial charge in [-0.25, -0.2) is 0 Å². The van der Waals surface area contributed by atoms with Crippen molar-refractivity contribution >= 4 is 22.3 Å². The lowest BCUT2D eigenvalue weighted by molar-refractivity contribution is -0.102. The highest BCUT2D eigenvalue weighted by atomic mass is 28.5. The third kappa shape index (κ3) is 6.86. The molecule has 0 aliphatic heterocycles. The van der Waals surface area contributed by atoms with Gasteiger partial charge in [0.25, 0.3) is 0 Å². The summed E-state index contributed by atoms with van der Waals surface area (Å²) < 4.78 is 17.5. The molecule has 4 atom stereocenters. The van der Waals surface area contributed by atoms with E-state index in [1.165, 1.54) is 6.92 Å². The van der Waals surface area contributed by atoms with Crippen LogP contribution in [0, 0.1) is 0 Å². The van der Waals surface area contributed by atoms with Gasteiger partial charge in [0.05, 0.1) is 12.7 Å². The first-order chi connectivity index (χ1) is 12.1. The van der Waals surface area contributed by atoms with Crippen LogP contribution in [-0.2, 0) is 13.3 Å². The fraction of sp³-hybridized carbons (Fsp3) is 0.667. The standard InChI is InChI=1S/C18H34O6Si2/c1-6-26(22-4,14-10-13-23-15-18(3,20)16(2)19)24-25(5,21)17-11-8-7-9-12-17/h7-9,11-12,16,19-21H,6,10,13-15H2,1-5H3. The molecule has 150 valence electrons. The minimum Gasteiger partial charge on any atom is -0.411 e. The summed E-state index contributed by atoms with van der Waals surface area (Å²) in [5, 5.41) is 20.3. The maximum atomic E-state index is 10.9. The number of hydrogen-bond acceptors (Lipinski definition) is 6. The Morgan fingerprint density at radius 1 is 1.23 bits per heavy atom. The van der Waals surface area contributed by atoms with Crippen molar-refractivity contribution in [3.05, 3.63) is 30.3 Å². The molecule has 0 fully saturated rings. The van der Waals surface area contributed by atoms with Crippen molar-refractivity contribution in [2.75, 3.05) is 20.3 Å². The van der Waals surface area contributed by atoms with Crippen LogP contribution in [0.15, 0.2) is 30.3 Å². The van der Waals surface area contributed by atoms with Crippen LogP contribution in [0.25, 0.3) is 0 Å². The highest BCUT2D eigenvalue weighted by molar-refractivity contribution is 6.87. The Bertz CT molecular complexity index is 518. The van der Waals surface area contributed by atoms with E-state index in [2.05, 4.69) is 0 Å². The molecule has 0 aliphatic rings. The molecule has 0 heterocycles. The van der Waals surface area contributed by atoms with E-state index < -0.39 is 28.8 Å². The van der Waals surface area contributed by atoms with Crippen molar-refractivity contribution < 1.29 is 28.3 Å². The molecular formula is C18H34O6Si2. The van der Waals surface area contributed by atoms with Crippen molar-refractivity contribution in [2.24, 2.45) is 0 Å². The minimum atomic E-state index is -3.05. The van der Waals surface area contributed by atoms with Crippen LogP contribution in [0.2, 0.25) is 18.6 Å². The zero-order valence-corrected chi connectivity index (χ0v) is 18.6. The number of hydrogen-bond donors (Lipinski definition) is 3. The van der Waals surface area contributed by atoms with Gasteiger partial charge >= 0.3 is 17.1 Å². The topological polar surface area (TPSA) is 88.4 Å². The minimum absolute atomic E-state index is 0.0651. The first-order valence-electron chi connectivity index (χ1n) is 9.10. The summed E-state index contributed by atoms with van der Waals surface area (Å²) in [5.74, 6) is 0. The van der Waals surface area contributed by atoms with E-state index in [1.807, 2.05) is 37.3 Å². The summed E-state index contributed by atoms with van der Waals surface area (Å²) >= 11 is 0. The molecule has 1 aromatic carbocycles. The van der Waals surface area contributed by atoms with Gasteiger partial charge in [0.1, 0.15) is 5.60 Å². The molecule has 26 heavy (non-hydrogen) atoms. The summed E-state index contributed by atoms with van der Waals surface area (Å²) in [5.41, 5.74) is -1.26. The Kier molecular flexibility index (Phi) is 9.10. The van der Waals surface area contributed by atoms with Crippen LogP contribution < -0.4 is 5.19 Å². The summed E-state index contributed by atoms with van der Waals surface area (Å²) in [4.78, 5) is 10.9. The van der Waals surface area contributed by atoms with Crippen LogP contribution in [0.1, 0.15) is 27.2 Å². The molecule has 6 nitrogen and oxygen atoms in total. The van der Waals surface area contributed by atoms with E-state index in [0.29, 0.717) is 19.1 Å². The van der Waals surface area contributed by atoms with E-state index in [-0.39, 0.29) is 6.61 Å². The first kappa shape index (κ1) is 23.5. The predicted molar refractivity (Wildman–Crippen MR) is 107 cm³/mol. The van der Waals surface area contributed by atoms with E-state index in [9.17, 15) is 15.0 Å². The summed E-state index contributed by atoms with van der Waals surface area (Å²) in [6.07, 6.45) is -0.163. The van der Waals surface area contributed by atoms with Crippen LogP contribution in [0.4, 0.5) is 0 Å². The van der Waals surface area contributed by atoms with Crippen molar-refractivity contribution in [3.63, 3.8) is 0 Å². The summed E-state index contributed by atoms with van der Waals surface area (Å²) in [6.45, 7) is 7.37. The van der Waals surface area contributed by atoms with Crippen LogP contribution in [0.3, 0.4) is 0 Å². The number of rotatable bonds is 12. The number of aliphatic hydroxyl groups is 2. The lowest BCUT2D eigenvalue weighted by atomic mass is 10.0. The third-order valence-corrected chi connectivity index (χ3v) is 12.2. The number of aliphatic hydroxyl groups excluding tert-OH is 1. The third-order valence-electron chi connectivity index (χ3n) is 4.75. The van der Waals surface area contributed by atoms with Gasteiger partial charge in [-0.05, 0) is 44.1 Å². The van der Waals surface area contributed by atoms with E-state index in [0.717, 1.165) is 11.2 Å². The maximum Gasteiger partial charge on any atom is 0.357 e. The second kappa shape index (κ2) is 10.1. The maximum absolute atomic E-state index is 10.9. The Hall–Kier alpha value is -0.586. The molecule has 3 N–H and O–H groups in total. The first-order valence-corrected chi connectivity index (χ1v) is 13.7. The van der Waals surface area contributed by atoms with Gasteiger partial charge in [0.2, 0.25) is 0 Å². The number of benzene rings is 1. The second-order valence-corrected chi connectivity index (χ2v) is 13.9. The molecule has 1 rings (SSSR count). The molecule has 1 aromatic rings. The Morgan fingerprint density at radius 3 is 2.35 bits per heavy atom. The molecule has 0 aliphatic carbocycles. The smallest absolute Gasteiger partial charge is 0.357 e. The van der Waals surface area contributed by atoms with Crippen LogP contribution >= 0.6 is 0 Å². The van der Waals surface area contributed by atoms with Gasteiger partial charge in [0, 0.05) is 13.7 Å². The van der Waals surface area contributed by atoms with Gasteiger partial charge in [-0.15, -0.1) is 0 Å². The highest BCUT2D eigenvalue weighted by Gasteiger charge is 2.43. The molecule has 4 unspecified atom stereocenters. The molecule has 0 saturated heterocycles. The molecule has 0 spiro atoms. The number of ether oxygens (including phenoxy) is 1. The van der Waals surface area contributed by atoms with Gasteiger partial charge in [-0.2, -0.15) is 0 Å². The van der Waals surface area contributed by atoms with Gasteiger partial charge in [-0.1, -0.05) is 37.3 Å². The van der Waals surface area contributed by atoms with E-state index >= 15 is 0 Å². The molecular weight excluding hydrogens is 368 g/mol. The average Bonchev–Trinajstić information content (AvgIpc) is 2.61. The summed E-state index contributed by atoms with van der Waals surface area (Å²) in [6, 6.07) is 10.9. The molecule has 0 amide bonds. The SMILES string of the molecule is CC[Si](CCCOCC(C)(O)C(C)O)(OC)O[Si](C)(O)c1ccccc1. The van der Waals surface area contributed by atoms with E-state index in [4.69, 9.17) is 13.3 Å². The van der Waals surface area contributed by atoms with Crippen molar-refractivity contribution in [3.8, 4) is 0 Å². The zero-order valence-electron chi connectivity index (χ0n) is 16.6. The zero-order chi connectivity index (χ0) is 19.8. The van der Waals surface area contributed by atoms with E-state index in [1.54, 1.807) is 20.6 Å². The lowest BCUT2D eigenvalue weighted by Crippen LogP contribution is -2.58. The van der Waals surface area contributed by atoms with Crippen molar-refractivity contribution in [1.82, 2.24) is 0 Å². The molecule has 0 saturated carbocycles.